The number of carboxylic acid groups (broad SMARTS) is 1. The maximum absolute atomic E-state index is 11.3. The molecule has 1 heterocycles. The lowest BCUT2D eigenvalue weighted by Gasteiger charge is -2.13. The first-order chi connectivity index (χ1) is 14.6. The van der Waals surface area contributed by atoms with E-state index in [4.69, 9.17) is 9.47 Å². The van der Waals surface area contributed by atoms with E-state index in [1.807, 2.05) is 42.5 Å². The average Bonchev–Trinajstić information content (AvgIpc) is 3.06. The minimum absolute atomic E-state index is 0.325. The zero-order valence-electron chi connectivity index (χ0n) is 16.5. The van der Waals surface area contributed by atoms with Crippen LogP contribution in [0.5, 0.6) is 5.75 Å². The molecule has 0 bridgehead atoms. The summed E-state index contributed by atoms with van der Waals surface area (Å²) in [6, 6.07) is 22.0. The Balaban J connectivity index is 1.53. The van der Waals surface area contributed by atoms with Gasteiger partial charge in [-0.15, -0.1) is 0 Å². The third-order valence-electron chi connectivity index (χ3n) is 5.08. The molecule has 0 aliphatic heterocycles. The molecule has 0 saturated heterocycles. The van der Waals surface area contributed by atoms with Crippen LogP contribution in [0.4, 0.5) is 0 Å². The number of ether oxygens (including phenoxy) is 2. The van der Waals surface area contributed by atoms with E-state index in [2.05, 4.69) is 44.8 Å². The van der Waals surface area contributed by atoms with Crippen LogP contribution >= 0.6 is 15.9 Å². The van der Waals surface area contributed by atoms with Crippen molar-refractivity contribution in [3.63, 3.8) is 0 Å². The van der Waals surface area contributed by atoms with Crippen molar-refractivity contribution >= 4 is 43.7 Å². The van der Waals surface area contributed by atoms with Gasteiger partial charge in [0.05, 0.1) is 11.0 Å². The van der Waals surface area contributed by atoms with Crippen molar-refractivity contribution in [2.24, 2.45) is 0 Å². The molecule has 0 radical (unpaired) electrons. The van der Waals surface area contributed by atoms with E-state index >= 15 is 0 Å². The summed E-state index contributed by atoms with van der Waals surface area (Å²) in [6.45, 7) is 2.54. The predicted molar refractivity (Wildman–Crippen MR) is 121 cm³/mol. The van der Waals surface area contributed by atoms with Crippen LogP contribution < -0.4 is 4.74 Å². The smallest absolute Gasteiger partial charge is 0.333 e. The van der Waals surface area contributed by atoms with E-state index in [1.165, 1.54) is 10.8 Å². The number of hydrogen-bond acceptors (Lipinski definition) is 3. The van der Waals surface area contributed by atoms with Gasteiger partial charge >= 0.3 is 5.97 Å². The molecule has 4 rings (SSSR count). The minimum Gasteiger partial charge on any atom is -0.479 e. The van der Waals surface area contributed by atoms with E-state index in [0.717, 1.165) is 26.8 Å². The van der Waals surface area contributed by atoms with Crippen molar-refractivity contribution < 1.29 is 19.4 Å². The number of rotatable bonds is 8. The van der Waals surface area contributed by atoms with Gasteiger partial charge in [0.2, 0.25) is 0 Å². The number of carbonyl (C=O) groups is 1. The van der Waals surface area contributed by atoms with Gasteiger partial charge < -0.3 is 19.1 Å². The Hall–Kier alpha value is -2.83. The molecule has 1 atom stereocenters. The van der Waals surface area contributed by atoms with E-state index in [9.17, 15) is 9.90 Å². The minimum atomic E-state index is -0.949. The van der Waals surface area contributed by atoms with Crippen LogP contribution in [0.3, 0.4) is 0 Å². The second-order valence-corrected chi connectivity index (χ2v) is 7.93. The highest BCUT2D eigenvalue weighted by Crippen LogP contribution is 2.31. The zero-order valence-corrected chi connectivity index (χ0v) is 18.1. The molecule has 5 nitrogen and oxygen atoms in total. The Kier molecular flexibility index (Phi) is 6.06. The van der Waals surface area contributed by atoms with Crippen LogP contribution in [0.1, 0.15) is 12.5 Å². The highest BCUT2D eigenvalue weighted by molar-refractivity contribution is 9.10. The normalized spacial score (nSPS) is 12.3. The average molecular weight is 468 g/mol. The van der Waals surface area contributed by atoms with Crippen LogP contribution in [-0.4, -0.2) is 28.4 Å². The molecule has 0 spiro atoms. The number of para-hydroxylation sites is 1. The van der Waals surface area contributed by atoms with Crippen LogP contribution in [-0.2, 0) is 22.7 Å². The molecular formula is C24H22BrNO4. The number of aromatic nitrogens is 1. The Morgan fingerprint density at radius 2 is 1.77 bits per heavy atom. The summed E-state index contributed by atoms with van der Waals surface area (Å²) in [5, 5.41) is 11.6. The van der Waals surface area contributed by atoms with Crippen LogP contribution in [0.2, 0.25) is 0 Å². The maximum atomic E-state index is 11.3. The third kappa shape index (κ3) is 4.20. The van der Waals surface area contributed by atoms with Crippen molar-refractivity contribution in [1.29, 1.82) is 0 Å². The fraction of sp³-hybridized carbons (Fsp3) is 0.208. The van der Waals surface area contributed by atoms with Gasteiger partial charge in [-0.1, -0.05) is 46.3 Å². The molecule has 3 aromatic carbocycles. The predicted octanol–water partition coefficient (Wildman–Crippen LogP) is 5.63. The largest absolute Gasteiger partial charge is 0.479 e. The standard InChI is InChI=1S/C24H22BrNO4/c1-2-29-23(24(27)28)13-16-7-10-18(11-8-16)30-15-26-21-6-4-3-5-19(21)20-14-17(25)9-12-22(20)26/h3-12,14,23H,2,13,15H2,1H3,(H,27,28)/t23-/m0/s1. The lowest BCUT2D eigenvalue weighted by Crippen LogP contribution is -2.26. The Morgan fingerprint density at radius 1 is 1.03 bits per heavy atom. The fourth-order valence-electron chi connectivity index (χ4n) is 3.66. The molecule has 0 saturated carbocycles. The molecule has 4 aromatic rings. The monoisotopic (exact) mass is 467 g/mol. The maximum Gasteiger partial charge on any atom is 0.333 e. The van der Waals surface area contributed by atoms with E-state index in [-0.39, 0.29) is 0 Å². The van der Waals surface area contributed by atoms with Gasteiger partial charge in [0, 0.05) is 28.3 Å². The molecule has 154 valence electrons. The van der Waals surface area contributed by atoms with Crippen molar-refractivity contribution in [3.8, 4) is 5.75 Å². The summed E-state index contributed by atoms with van der Waals surface area (Å²) < 4.78 is 14.5. The molecule has 1 N–H and O–H groups in total. The second kappa shape index (κ2) is 8.90. The number of hydrogen-bond donors (Lipinski definition) is 1. The van der Waals surface area contributed by atoms with Gasteiger partial charge in [0.15, 0.2) is 12.8 Å². The van der Waals surface area contributed by atoms with Crippen molar-refractivity contribution in [1.82, 2.24) is 4.57 Å². The first kappa shape index (κ1) is 20.4. The lowest BCUT2D eigenvalue weighted by atomic mass is 10.1. The Labute approximate surface area is 183 Å². The zero-order chi connectivity index (χ0) is 21.1. The SMILES string of the molecule is CCO[C@@H](Cc1ccc(OCn2c3ccccc3c3cc(Br)ccc32)cc1)C(=O)O. The van der Waals surface area contributed by atoms with Crippen molar-refractivity contribution in [3.05, 3.63) is 76.8 Å². The van der Waals surface area contributed by atoms with Crippen LogP contribution in [0.15, 0.2) is 71.2 Å². The van der Waals surface area contributed by atoms with Crippen molar-refractivity contribution in [2.75, 3.05) is 6.61 Å². The highest BCUT2D eigenvalue weighted by Gasteiger charge is 2.18. The number of halogens is 1. The summed E-state index contributed by atoms with van der Waals surface area (Å²) in [7, 11) is 0. The molecule has 0 unspecified atom stereocenters. The molecule has 6 heteroatoms. The Morgan fingerprint density at radius 3 is 2.50 bits per heavy atom. The molecule has 0 aliphatic carbocycles. The Bertz CT molecular complexity index is 1180. The summed E-state index contributed by atoms with van der Waals surface area (Å²) >= 11 is 3.56. The van der Waals surface area contributed by atoms with E-state index in [0.29, 0.717) is 19.8 Å². The van der Waals surface area contributed by atoms with Crippen LogP contribution in [0, 0.1) is 0 Å². The molecule has 0 aliphatic rings. The van der Waals surface area contributed by atoms with Gasteiger partial charge in [-0.3, -0.25) is 0 Å². The van der Waals surface area contributed by atoms with Gasteiger partial charge in [0.1, 0.15) is 5.75 Å². The number of benzene rings is 3. The van der Waals surface area contributed by atoms with E-state index in [1.54, 1.807) is 6.92 Å². The lowest BCUT2D eigenvalue weighted by molar-refractivity contribution is -0.149. The van der Waals surface area contributed by atoms with E-state index < -0.39 is 12.1 Å². The first-order valence-corrected chi connectivity index (χ1v) is 10.6. The molecule has 0 fully saturated rings. The highest BCUT2D eigenvalue weighted by atomic mass is 79.9. The summed E-state index contributed by atoms with van der Waals surface area (Å²) in [6.07, 6.45) is -0.510. The fourth-order valence-corrected chi connectivity index (χ4v) is 4.02. The quantitative estimate of drug-likeness (QED) is 0.365. The molecule has 1 aromatic heterocycles. The number of fused-ring (bicyclic) bond motifs is 3. The van der Waals surface area contributed by atoms with Gasteiger partial charge in [0.25, 0.3) is 0 Å². The number of carboxylic acids is 1. The van der Waals surface area contributed by atoms with Gasteiger partial charge in [-0.05, 0) is 48.9 Å². The molecule has 30 heavy (non-hydrogen) atoms. The molecular weight excluding hydrogens is 446 g/mol. The van der Waals surface area contributed by atoms with Gasteiger partial charge in [-0.25, -0.2) is 4.79 Å². The number of nitrogens with zero attached hydrogens (tertiary/aromatic N) is 1. The summed E-state index contributed by atoms with van der Waals surface area (Å²) in [4.78, 5) is 11.3. The molecule has 0 amide bonds. The third-order valence-corrected chi connectivity index (χ3v) is 5.58. The topological polar surface area (TPSA) is 60.7 Å². The van der Waals surface area contributed by atoms with Crippen LogP contribution in [0.25, 0.3) is 21.8 Å². The summed E-state index contributed by atoms with van der Waals surface area (Å²) in [5.74, 6) is -0.222. The first-order valence-electron chi connectivity index (χ1n) is 9.79. The van der Waals surface area contributed by atoms with Crippen molar-refractivity contribution in [2.45, 2.75) is 26.2 Å². The second-order valence-electron chi connectivity index (χ2n) is 7.01. The van der Waals surface area contributed by atoms with Gasteiger partial charge in [-0.2, -0.15) is 0 Å². The summed E-state index contributed by atoms with van der Waals surface area (Å²) in [5.41, 5.74) is 3.12. The number of aliphatic carboxylic acids is 1.